The second-order valence-corrected chi connectivity index (χ2v) is 9.07. The quantitative estimate of drug-likeness (QED) is 0.195. The number of benzene rings is 3. The molecule has 11 heteroatoms. The summed E-state index contributed by atoms with van der Waals surface area (Å²) in [5, 5.41) is 11.2. The van der Waals surface area contributed by atoms with Gasteiger partial charge in [-0.15, -0.1) is 0 Å². The van der Waals surface area contributed by atoms with Crippen molar-refractivity contribution < 1.29 is 28.8 Å². The Morgan fingerprint density at radius 2 is 1.53 bits per heavy atom. The summed E-state index contributed by atoms with van der Waals surface area (Å²) in [7, 11) is 2.98. The maximum atomic E-state index is 13.6. The predicted octanol–water partition coefficient (Wildman–Crippen LogP) is 4.13. The maximum Gasteiger partial charge on any atom is 0.270 e. The van der Waals surface area contributed by atoms with Crippen LogP contribution in [0.3, 0.4) is 0 Å². The first kappa shape index (κ1) is 23.5. The lowest BCUT2D eigenvalue weighted by Crippen LogP contribution is -2.67. The highest BCUT2D eigenvalue weighted by atomic mass is 79.9. The molecular formula is C25H18BrN3O7. The number of hydrogen-bond donors (Lipinski definition) is 0. The van der Waals surface area contributed by atoms with Crippen LogP contribution in [0.25, 0.3) is 0 Å². The van der Waals surface area contributed by atoms with Crippen molar-refractivity contribution in [2.45, 2.75) is 12.1 Å². The van der Waals surface area contributed by atoms with Crippen LogP contribution in [0.5, 0.6) is 11.5 Å². The Hall–Kier alpha value is -4.25. The number of rotatable bonds is 6. The Balaban J connectivity index is 1.63. The monoisotopic (exact) mass is 551 g/mol. The molecule has 0 spiro atoms. The van der Waals surface area contributed by atoms with Crippen molar-refractivity contribution in [3.63, 3.8) is 0 Å². The Labute approximate surface area is 213 Å². The van der Waals surface area contributed by atoms with Gasteiger partial charge >= 0.3 is 0 Å². The van der Waals surface area contributed by atoms with E-state index in [9.17, 15) is 24.5 Å². The van der Waals surface area contributed by atoms with Gasteiger partial charge in [0.2, 0.25) is 0 Å². The van der Waals surface area contributed by atoms with E-state index < -0.39 is 34.7 Å². The van der Waals surface area contributed by atoms with E-state index >= 15 is 0 Å². The number of halogens is 1. The van der Waals surface area contributed by atoms with Gasteiger partial charge in [0.1, 0.15) is 17.5 Å². The zero-order chi connectivity index (χ0) is 25.7. The fraction of sp³-hybridized carbons (Fsp3) is 0.160. The summed E-state index contributed by atoms with van der Waals surface area (Å²) in [6, 6.07) is 13.6. The Morgan fingerprint density at radius 1 is 0.833 bits per heavy atom. The highest BCUT2D eigenvalue weighted by Crippen LogP contribution is 2.47. The number of methoxy groups -OCH3 is 2. The molecule has 2 aliphatic heterocycles. The summed E-state index contributed by atoms with van der Waals surface area (Å²) in [4.78, 5) is 53.2. The van der Waals surface area contributed by atoms with Crippen molar-refractivity contribution >= 4 is 45.0 Å². The van der Waals surface area contributed by atoms with E-state index in [1.165, 1.54) is 25.2 Å². The van der Waals surface area contributed by atoms with Crippen LogP contribution in [-0.2, 0) is 4.79 Å². The predicted molar refractivity (Wildman–Crippen MR) is 131 cm³/mol. The number of amides is 3. The highest BCUT2D eigenvalue weighted by molar-refractivity contribution is 9.10. The molecule has 36 heavy (non-hydrogen) atoms. The van der Waals surface area contributed by atoms with Gasteiger partial charge in [-0.05, 0) is 48.5 Å². The number of β-lactam (4-membered cyclic amide) rings is 1. The molecule has 3 amide bonds. The Morgan fingerprint density at radius 3 is 2.17 bits per heavy atom. The standard InChI is InChI=1S/C25H18BrN3O7/c1-35-16-8-10-20(36-2)19(12-16)21-22(25(32)27(21)14-5-3-13(26)4-6-14)28-23(30)17-9-7-15(29(33)34)11-18(17)24(28)31/h3-12,21-22H,1-2H3. The molecule has 2 aliphatic rings. The number of carbonyl (C=O) groups is 3. The van der Waals surface area contributed by atoms with Crippen LogP contribution >= 0.6 is 15.9 Å². The summed E-state index contributed by atoms with van der Waals surface area (Å²) in [5.41, 5.74) is 0.671. The molecule has 2 atom stereocenters. The number of nitro benzene ring substituents is 1. The largest absolute Gasteiger partial charge is 0.497 e. The molecule has 2 heterocycles. The average Bonchev–Trinajstić information content (AvgIpc) is 3.12. The van der Waals surface area contributed by atoms with Crippen molar-refractivity contribution in [2.75, 3.05) is 19.1 Å². The summed E-state index contributed by atoms with van der Waals surface area (Å²) < 4.78 is 11.7. The topological polar surface area (TPSA) is 119 Å². The summed E-state index contributed by atoms with van der Waals surface area (Å²) in [6.07, 6.45) is 0. The van der Waals surface area contributed by atoms with Gasteiger partial charge in [-0.3, -0.25) is 29.4 Å². The van der Waals surface area contributed by atoms with E-state index in [1.54, 1.807) is 42.5 Å². The fourth-order valence-corrected chi connectivity index (χ4v) is 4.87. The highest BCUT2D eigenvalue weighted by Gasteiger charge is 2.58. The van der Waals surface area contributed by atoms with Crippen molar-refractivity contribution in [1.29, 1.82) is 0 Å². The van der Waals surface area contributed by atoms with Gasteiger partial charge in [-0.25, -0.2) is 0 Å². The first-order valence-corrected chi connectivity index (χ1v) is 11.5. The third kappa shape index (κ3) is 3.51. The minimum atomic E-state index is -1.19. The zero-order valence-electron chi connectivity index (χ0n) is 19.0. The van der Waals surface area contributed by atoms with E-state index in [0.29, 0.717) is 22.7 Å². The smallest absolute Gasteiger partial charge is 0.270 e. The number of fused-ring (bicyclic) bond motifs is 1. The first-order valence-electron chi connectivity index (χ1n) is 10.7. The number of ether oxygens (including phenoxy) is 2. The minimum Gasteiger partial charge on any atom is -0.497 e. The second kappa shape index (κ2) is 8.76. The molecule has 0 saturated carbocycles. The summed E-state index contributed by atoms with van der Waals surface area (Å²) in [5.74, 6) is -0.994. The average molecular weight is 552 g/mol. The van der Waals surface area contributed by atoms with Crippen LogP contribution in [0.1, 0.15) is 32.3 Å². The molecule has 0 aromatic heterocycles. The van der Waals surface area contributed by atoms with Gasteiger partial charge in [0, 0.05) is 27.9 Å². The first-order chi connectivity index (χ1) is 17.3. The van der Waals surface area contributed by atoms with Gasteiger partial charge in [-0.2, -0.15) is 0 Å². The molecule has 0 N–H and O–H groups in total. The fourth-order valence-electron chi connectivity index (χ4n) is 4.61. The molecule has 0 radical (unpaired) electrons. The second-order valence-electron chi connectivity index (χ2n) is 8.15. The summed E-state index contributed by atoms with van der Waals surface area (Å²) in [6.45, 7) is 0. The number of non-ortho nitro benzene ring substituents is 1. The number of anilines is 1. The SMILES string of the molecule is COc1ccc(OC)c(C2C(N3C(=O)c4ccc([N+](=O)[O-])cc4C3=O)C(=O)N2c2ccc(Br)cc2)c1. The van der Waals surface area contributed by atoms with E-state index in [2.05, 4.69) is 15.9 Å². The molecule has 3 aromatic rings. The Kier molecular flexibility index (Phi) is 5.71. The molecule has 182 valence electrons. The third-order valence-corrected chi connectivity index (χ3v) is 6.85. The lowest BCUT2D eigenvalue weighted by atomic mass is 9.85. The normalized spacial score (nSPS) is 18.7. The molecule has 3 aromatic carbocycles. The van der Waals surface area contributed by atoms with Crippen molar-refractivity contribution in [1.82, 2.24) is 4.90 Å². The van der Waals surface area contributed by atoms with Gasteiger partial charge in [0.15, 0.2) is 0 Å². The molecule has 2 unspecified atom stereocenters. The van der Waals surface area contributed by atoms with Crippen LogP contribution in [0, 0.1) is 10.1 Å². The van der Waals surface area contributed by atoms with E-state index in [4.69, 9.17) is 9.47 Å². The van der Waals surface area contributed by atoms with Crippen LogP contribution in [0.4, 0.5) is 11.4 Å². The van der Waals surface area contributed by atoms with Crippen molar-refractivity contribution in [3.05, 3.63) is 91.9 Å². The molecule has 1 fully saturated rings. The lowest BCUT2D eigenvalue weighted by Gasteiger charge is -2.50. The minimum absolute atomic E-state index is 0.0110. The number of imide groups is 1. The third-order valence-electron chi connectivity index (χ3n) is 6.32. The summed E-state index contributed by atoms with van der Waals surface area (Å²) >= 11 is 3.38. The van der Waals surface area contributed by atoms with Gasteiger partial charge in [0.05, 0.1) is 36.3 Å². The van der Waals surface area contributed by atoms with E-state index in [1.807, 2.05) is 0 Å². The van der Waals surface area contributed by atoms with E-state index in [0.717, 1.165) is 21.5 Å². The number of nitrogens with zero attached hydrogens (tertiary/aromatic N) is 3. The van der Waals surface area contributed by atoms with Crippen LogP contribution in [-0.4, -0.2) is 47.8 Å². The van der Waals surface area contributed by atoms with Crippen molar-refractivity contribution in [2.24, 2.45) is 0 Å². The zero-order valence-corrected chi connectivity index (χ0v) is 20.6. The van der Waals surface area contributed by atoms with Crippen molar-refractivity contribution in [3.8, 4) is 11.5 Å². The maximum absolute atomic E-state index is 13.6. The molecule has 0 bridgehead atoms. The van der Waals surface area contributed by atoms with Gasteiger partial charge < -0.3 is 14.4 Å². The molecule has 5 rings (SSSR count). The lowest BCUT2D eigenvalue weighted by molar-refractivity contribution is -0.384. The Bertz CT molecular complexity index is 1440. The molecule has 1 saturated heterocycles. The van der Waals surface area contributed by atoms with Crippen LogP contribution < -0.4 is 14.4 Å². The number of carbonyl (C=O) groups excluding carboxylic acids is 3. The molecule has 0 aliphatic carbocycles. The van der Waals surface area contributed by atoms with Crippen LogP contribution in [0.15, 0.2) is 65.1 Å². The van der Waals surface area contributed by atoms with Crippen LogP contribution in [0.2, 0.25) is 0 Å². The van der Waals surface area contributed by atoms with Gasteiger partial charge in [0.25, 0.3) is 23.4 Å². The molecular weight excluding hydrogens is 534 g/mol. The van der Waals surface area contributed by atoms with E-state index in [-0.39, 0.29) is 16.8 Å². The number of nitro groups is 1. The molecule has 10 nitrogen and oxygen atoms in total. The number of hydrogen-bond acceptors (Lipinski definition) is 7. The van der Waals surface area contributed by atoms with Gasteiger partial charge in [-0.1, -0.05) is 15.9 Å².